The first kappa shape index (κ1) is 13.0. The summed E-state index contributed by atoms with van der Waals surface area (Å²) in [6.07, 6.45) is 5.11. The molecule has 0 amide bonds. The number of fused-ring (bicyclic) bond motifs is 1. The van der Waals surface area contributed by atoms with Gasteiger partial charge in [0, 0.05) is 10.3 Å². The fraction of sp³-hybridized carbons (Fsp3) is 0.429. The molecule has 0 radical (unpaired) electrons. The highest BCUT2D eigenvalue weighted by molar-refractivity contribution is 7.99. The monoisotopic (exact) mass is 293 g/mol. The topological polar surface area (TPSA) is 41.6 Å². The van der Waals surface area contributed by atoms with Crippen molar-refractivity contribution in [2.24, 2.45) is 0 Å². The van der Waals surface area contributed by atoms with Gasteiger partial charge in [-0.05, 0) is 61.4 Å². The fourth-order valence-electron chi connectivity index (χ4n) is 2.83. The van der Waals surface area contributed by atoms with Crippen LogP contribution in [-0.4, -0.2) is 15.2 Å². The fourth-order valence-corrected chi connectivity index (χ4v) is 4.30. The lowest BCUT2D eigenvalue weighted by molar-refractivity contribution is 0.665. The van der Waals surface area contributed by atoms with E-state index in [1.807, 2.05) is 0 Å². The van der Waals surface area contributed by atoms with Crippen LogP contribution in [0.15, 0.2) is 17.6 Å². The summed E-state index contributed by atoms with van der Waals surface area (Å²) in [5.74, 6) is 0. The quantitative estimate of drug-likeness (QED) is 0.900. The molecule has 3 nitrogen and oxygen atoms in total. The molecule has 2 aromatic rings. The third-order valence-corrected chi connectivity index (χ3v) is 5.34. The Morgan fingerprint density at radius 1 is 1.42 bits per heavy atom. The van der Waals surface area contributed by atoms with E-state index in [0.717, 1.165) is 16.6 Å². The third kappa shape index (κ3) is 2.39. The molecule has 0 aliphatic heterocycles. The summed E-state index contributed by atoms with van der Waals surface area (Å²) in [7, 11) is 0. The van der Waals surface area contributed by atoms with Crippen LogP contribution in [0.5, 0.6) is 0 Å². The highest BCUT2D eigenvalue weighted by Gasteiger charge is 2.26. The Kier molecular flexibility index (Phi) is 3.54. The molecule has 1 aromatic heterocycles. The Morgan fingerprint density at radius 3 is 3.00 bits per heavy atom. The second-order valence-corrected chi connectivity index (χ2v) is 6.58. The van der Waals surface area contributed by atoms with Crippen molar-refractivity contribution in [3.63, 3.8) is 0 Å². The summed E-state index contributed by atoms with van der Waals surface area (Å²) >= 11 is 8.11. The molecule has 1 N–H and O–H groups in total. The molecule has 0 saturated carbocycles. The number of nitrogens with one attached hydrogen (secondary N) is 1. The van der Waals surface area contributed by atoms with Crippen molar-refractivity contribution in [1.29, 1.82) is 0 Å². The van der Waals surface area contributed by atoms with E-state index in [9.17, 15) is 0 Å². The lowest BCUT2D eigenvalue weighted by Gasteiger charge is -2.28. The van der Waals surface area contributed by atoms with E-state index in [4.69, 9.17) is 11.6 Å². The van der Waals surface area contributed by atoms with Gasteiger partial charge in [0.15, 0.2) is 5.16 Å². The number of hydrogen-bond acceptors (Lipinski definition) is 3. The van der Waals surface area contributed by atoms with E-state index in [0.29, 0.717) is 5.25 Å². The van der Waals surface area contributed by atoms with Crippen molar-refractivity contribution in [2.45, 2.75) is 43.5 Å². The zero-order valence-corrected chi connectivity index (χ0v) is 12.6. The average molecular weight is 294 g/mol. The van der Waals surface area contributed by atoms with Crippen molar-refractivity contribution < 1.29 is 0 Å². The number of aromatic amines is 1. The first-order valence-electron chi connectivity index (χ1n) is 6.47. The number of hydrogen-bond donors (Lipinski definition) is 1. The highest BCUT2D eigenvalue weighted by Crippen LogP contribution is 2.45. The molecule has 5 heteroatoms. The highest BCUT2D eigenvalue weighted by atomic mass is 35.5. The van der Waals surface area contributed by atoms with Crippen LogP contribution < -0.4 is 0 Å². The molecule has 100 valence electrons. The molecule has 1 aliphatic carbocycles. The first-order valence-corrected chi connectivity index (χ1v) is 7.73. The molecule has 3 rings (SSSR count). The number of aryl methyl sites for hydroxylation is 1. The first-order chi connectivity index (χ1) is 9.16. The second-order valence-electron chi connectivity index (χ2n) is 4.98. The molecular formula is C14H16ClN3S. The largest absolute Gasteiger partial charge is 0.254 e. The molecule has 1 aliphatic rings. The SMILES string of the molecule is Cc1cc(Cl)c(C)c2c1CCCC2Sc1ncn[nH]1. The minimum Gasteiger partial charge on any atom is -0.254 e. The number of rotatable bonds is 2. The van der Waals surface area contributed by atoms with Gasteiger partial charge in [0.25, 0.3) is 0 Å². The van der Waals surface area contributed by atoms with Crippen molar-refractivity contribution in [3.05, 3.63) is 39.7 Å². The van der Waals surface area contributed by atoms with E-state index in [1.54, 1.807) is 18.1 Å². The predicted octanol–water partition coefficient (Wildman–Crippen LogP) is 4.24. The van der Waals surface area contributed by atoms with Crippen LogP contribution in [0.3, 0.4) is 0 Å². The number of benzene rings is 1. The van der Waals surface area contributed by atoms with Gasteiger partial charge in [0.05, 0.1) is 0 Å². The number of aromatic nitrogens is 3. The van der Waals surface area contributed by atoms with E-state index in [1.165, 1.54) is 35.1 Å². The summed E-state index contributed by atoms with van der Waals surface area (Å²) in [6, 6.07) is 2.09. The molecule has 1 atom stereocenters. The van der Waals surface area contributed by atoms with Crippen molar-refractivity contribution >= 4 is 23.4 Å². The van der Waals surface area contributed by atoms with Crippen LogP contribution in [0.1, 0.15) is 40.3 Å². The zero-order chi connectivity index (χ0) is 13.4. The van der Waals surface area contributed by atoms with Gasteiger partial charge >= 0.3 is 0 Å². The molecule has 0 saturated heterocycles. The molecule has 1 unspecified atom stereocenters. The normalized spacial score (nSPS) is 18.4. The zero-order valence-electron chi connectivity index (χ0n) is 11.0. The average Bonchev–Trinajstić information content (AvgIpc) is 2.89. The summed E-state index contributed by atoms with van der Waals surface area (Å²) < 4.78 is 0. The molecule has 0 spiro atoms. The standard InChI is InChI=1S/C14H16ClN3S/c1-8-6-11(15)9(2)13-10(8)4-3-5-12(13)19-14-16-7-17-18-14/h6-7,12H,3-5H2,1-2H3,(H,16,17,18). The van der Waals surface area contributed by atoms with Crippen LogP contribution in [0.2, 0.25) is 5.02 Å². The maximum Gasteiger partial charge on any atom is 0.183 e. The summed E-state index contributed by atoms with van der Waals surface area (Å²) in [5, 5.41) is 9.04. The maximum absolute atomic E-state index is 6.35. The predicted molar refractivity (Wildman–Crippen MR) is 78.8 cm³/mol. The summed E-state index contributed by atoms with van der Waals surface area (Å²) in [5.41, 5.74) is 5.43. The Hall–Kier alpha value is -1.00. The molecule has 1 aromatic carbocycles. The van der Waals surface area contributed by atoms with Crippen LogP contribution in [0.4, 0.5) is 0 Å². The van der Waals surface area contributed by atoms with Gasteiger partial charge in [0.1, 0.15) is 6.33 Å². The lowest BCUT2D eigenvalue weighted by Crippen LogP contribution is -2.11. The van der Waals surface area contributed by atoms with Crippen LogP contribution >= 0.6 is 23.4 Å². The van der Waals surface area contributed by atoms with Gasteiger partial charge in [0.2, 0.25) is 0 Å². The Balaban J connectivity index is 2.03. The van der Waals surface area contributed by atoms with Gasteiger partial charge in [-0.2, -0.15) is 5.10 Å². The van der Waals surface area contributed by atoms with Gasteiger partial charge in [-0.3, -0.25) is 5.10 Å². The smallest absolute Gasteiger partial charge is 0.183 e. The number of thioether (sulfide) groups is 1. The van der Waals surface area contributed by atoms with Crippen molar-refractivity contribution in [3.8, 4) is 0 Å². The Bertz CT molecular complexity index is 595. The van der Waals surface area contributed by atoms with Crippen LogP contribution in [0, 0.1) is 13.8 Å². The summed E-state index contributed by atoms with van der Waals surface area (Å²) in [4.78, 5) is 4.22. The maximum atomic E-state index is 6.35. The molecular weight excluding hydrogens is 278 g/mol. The van der Waals surface area contributed by atoms with Gasteiger partial charge < -0.3 is 0 Å². The van der Waals surface area contributed by atoms with Gasteiger partial charge in [-0.25, -0.2) is 4.98 Å². The van der Waals surface area contributed by atoms with Crippen LogP contribution in [0.25, 0.3) is 0 Å². The molecule has 19 heavy (non-hydrogen) atoms. The van der Waals surface area contributed by atoms with E-state index < -0.39 is 0 Å². The molecule has 1 heterocycles. The van der Waals surface area contributed by atoms with Crippen LogP contribution in [-0.2, 0) is 6.42 Å². The number of nitrogens with zero attached hydrogens (tertiary/aromatic N) is 2. The van der Waals surface area contributed by atoms with E-state index >= 15 is 0 Å². The van der Waals surface area contributed by atoms with Gasteiger partial charge in [-0.1, -0.05) is 23.4 Å². The third-order valence-electron chi connectivity index (χ3n) is 3.77. The Labute approximate surface area is 122 Å². The minimum absolute atomic E-state index is 0.425. The lowest BCUT2D eigenvalue weighted by atomic mass is 9.85. The molecule has 0 bridgehead atoms. The van der Waals surface area contributed by atoms with Crippen molar-refractivity contribution in [2.75, 3.05) is 0 Å². The Morgan fingerprint density at radius 2 is 2.26 bits per heavy atom. The number of halogens is 1. The van der Waals surface area contributed by atoms with Crippen molar-refractivity contribution in [1.82, 2.24) is 15.2 Å². The second kappa shape index (κ2) is 5.17. The minimum atomic E-state index is 0.425. The summed E-state index contributed by atoms with van der Waals surface area (Å²) in [6.45, 7) is 4.28. The van der Waals surface area contributed by atoms with E-state index in [2.05, 4.69) is 35.1 Å². The van der Waals surface area contributed by atoms with E-state index in [-0.39, 0.29) is 0 Å². The number of H-pyrrole nitrogens is 1. The van der Waals surface area contributed by atoms with Gasteiger partial charge in [-0.15, -0.1) is 0 Å². The molecule has 0 fully saturated rings.